The number of ether oxygens (including phenoxy) is 1. The molecule has 0 spiro atoms. The molecule has 3 atom stereocenters. The third-order valence-corrected chi connectivity index (χ3v) is 4.81. The second-order valence-electron chi connectivity index (χ2n) is 7.07. The van der Waals surface area contributed by atoms with Crippen LogP contribution < -0.4 is 16.0 Å². The molecule has 1 saturated heterocycles. The first-order valence-corrected chi connectivity index (χ1v) is 9.75. The van der Waals surface area contributed by atoms with Gasteiger partial charge in [-0.3, -0.25) is 4.79 Å². The first-order valence-electron chi connectivity index (χ1n) is 9.75. The maximum Gasteiger partial charge on any atom is 0.319 e. The molecule has 0 saturated carbocycles. The Morgan fingerprint density at radius 3 is 2.81 bits per heavy atom. The van der Waals surface area contributed by atoms with Crippen LogP contribution in [0.15, 0.2) is 36.8 Å². The van der Waals surface area contributed by atoms with E-state index in [9.17, 15) is 23.5 Å². The summed E-state index contributed by atoms with van der Waals surface area (Å²) in [6, 6.07) is 3.10. The minimum absolute atomic E-state index is 0.0923. The van der Waals surface area contributed by atoms with E-state index in [0.29, 0.717) is 18.5 Å². The lowest BCUT2D eigenvalue weighted by atomic mass is 9.97. The number of halogens is 2. The van der Waals surface area contributed by atoms with Gasteiger partial charge in [-0.2, -0.15) is 0 Å². The fourth-order valence-electron chi connectivity index (χ4n) is 3.26. The topological polar surface area (TPSA) is 125 Å². The molecule has 31 heavy (non-hydrogen) atoms. The van der Waals surface area contributed by atoms with Crippen LogP contribution in [0.1, 0.15) is 25.0 Å². The standard InChI is InChI=1S/C20H23F2N5O4/c21-12-1-3-15(22)17(7-12)27-20(30)26-16-4-2-14(31-18(16)10-28)8-19(29)24-9-13-5-6-23-11-25-13/h1,3,5-7,11,14,16,18,28H,2,4,8-10H2,(H,24,29)(H2,26,27,30)/t14-,16-,18+/m1/s1. The van der Waals surface area contributed by atoms with E-state index in [1.165, 1.54) is 6.33 Å². The van der Waals surface area contributed by atoms with Gasteiger partial charge in [0.25, 0.3) is 0 Å². The number of urea groups is 1. The monoisotopic (exact) mass is 435 g/mol. The number of hydrogen-bond acceptors (Lipinski definition) is 6. The zero-order valence-corrected chi connectivity index (χ0v) is 16.6. The van der Waals surface area contributed by atoms with E-state index in [4.69, 9.17) is 4.74 Å². The number of aliphatic hydroxyl groups is 1. The Morgan fingerprint density at radius 1 is 1.23 bits per heavy atom. The lowest BCUT2D eigenvalue weighted by molar-refractivity contribution is -0.130. The van der Waals surface area contributed by atoms with Crippen LogP contribution in [0, 0.1) is 11.6 Å². The van der Waals surface area contributed by atoms with Crippen molar-refractivity contribution in [2.24, 2.45) is 0 Å². The van der Waals surface area contributed by atoms with E-state index in [-0.39, 0.29) is 31.2 Å². The number of nitrogens with one attached hydrogen (secondary N) is 3. The van der Waals surface area contributed by atoms with Crippen LogP contribution in [0.4, 0.5) is 19.3 Å². The number of aliphatic hydroxyl groups excluding tert-OH is 1. The minimum Gasteiger partial charge on any atom is -0.394 e. The first-order chi connectivity index (χ1) is 14.9. The molecule has 0 unspecified atom stereocenters. The lowest BCUT2D eigenvalue weighted by Crippen LogP contribution is -2.52. The zero-order chi connectivity index (χ0) is 22.2. The van der Waals surface area contributed by atoms with E-state index >= 15 is 0 Å². The number of carbonyl (C=O) groups is 2. The van der Waals surface area contributed by atoms with Crippen LogP contribution in [0.25, 0.3) is 0 Å². The summed E-state index contributed by atoms with van der Waals surface area (Å²) >= 11 is 0. The van der Waals surface area contributed by atoms with Gasteiger partial charge < -0.3 is 25.8 Å². The van der Waals surface area contributed by atoms with Crippen molar-refractivity contribution < 1.29 is 28.2 Å². The van der Waals surface area contributed by atoms with Crippen molar-refractivity contribution in [3.05, 3.63) is 54.1 Å². The Morgan fingerprint density at radius 2 is 2.06 bits per heavy atom. The molecule has 1 aliphatic heterocycles. The summed E-state index contributed by atoms with van der Waals surface area (Å²) in [5, 5.41) is 17.2. The van der Waals surface area contributed by atoms with Gasteiger partial charge in [0.05, 0.1) is 43.1 Å². The SMILES string of the molecule is O=C(C[C@H]1CC[C@@H](NC(=O)Nc2cc(F)ccc2F)[C@H](CO)O1)NCc1ccncn1. The molecular weight excluding hydrogens is 412 g/mol. The summed E-state index contributed by atoms with van der Waals surface area (Å²) in [4.78, 5) is 32.1. The number of benzene rings is 1. The number of hydrogen-bond donors (Lipinski definition) is 4. The first kappa shape index (κ1) is 22.5. The van der Waals surface area contributed by atoms with Crippen molar-refractivity contribution in [3.8, 4) is 0 Å². The zero-order valence-electron chi connectivity index (χ0n) is 16.6. The molecule has 2 aromatic rings. The molecule has 2 heterocycles. The van der Waals surface area contributed by atoms with Crippen LogP contribution in [0.3, 0.4) is 0 Å². The molecule has 1 aromatic heterocycles. The molecule has 3 rings (SSSR count). The molecule has 1 aliphatic rings. The van der Waals surface area contributed by atoms with Crippen molar-refractivity contribution in [2.45, 2.75) is 44.1 Å². The predicted molar refractivity (Wildman–Crippen MR) is 106 cm³/mol. The molecule has 11 heteroatoms. The number of nitrogens with zero attached hydrogens (tertiary/aromatic N) is 2. The van der Waals surface area contributed by atoms with E-state index < -0.39 is 35.9 Å². The highest BCUT2D eigenvalue weighted by Crippen LogP contribution is 2.22. The Labute approximate surface area is 177 Å². The molecule has 0 bridgehead atoms. The molecule has 4 N–H and O–H groups in total. The van der Waals surface area contributed by atoms with Crippen LogP contribution in [-0.2, 0) is 16.1 Å². The Balaban J connectivity index is 1.46. The summed E-state index contributed by atoms with van der Waals surface area (Å²) in [7, 11) is 0. The van der Waals surface area contributed by atoms with Crippen molar-refractivity contribution in [3.63, 3.8) is 0 Å². The maximum absolute atomic E-state index is 13.7. The summed E-state index contributed by atoms with van der Waals surface area (Å²) in [6.07, 6.45) is 2.81. The highest BCUT2D eigenvalue weighted by molar-refractivity contribution is 5.89. The second kappa shape index (κ2) is 10.7. The third-order valence-electron chi connectivity index (χ3n) is 4.81. The lowest BCUT2D eigenvalue weighted by Gasteiger charge is -2.35. The third kappa shape index (κ3) is 6.66. The van der Waals surface area contributed by atoms with Crippen molar-refractivity contribution in [1.82, 2.24) is 20.6 Å². The fourth-order valence-corrected chi connectivity index (χ4v) is 3.26. The van der Waals surface area contributed by atoms with Gasteiger partial charge in [0.1, 0.15) is 24.1 Å². The van der Waals surface area contributed by atoms with Gasteiger partial charge in [-0.15, -0.1) is 0 Å². The molecule has 1 fully saturated rings. The summed E-state index contributed by atoms with van der Waals surface area (Å²) in [5.41, 5.74) is 0.374. The summed E-state index contributed by atoms with van der Waals surface area (Å²) in [6.45, 7) is -0.114. The van der Waals surface area contributed by atoms with E-state index in [2.05, 4.69) is 25.9 Å². The highest BCUT2D eigenvalue weighted by Gasteiger charge is 2.33. The fraction of sp³-hybridized carbons (Fsp3) is 0.400. The summed E-state index contributed by atoms with van der Waals surface area (Å²) < 4.78 is 32.7. The molecule has 0 aliphatic carbocycles. The average molecular weight is 435 g/mol. The Bertz CT molecular complexity index is 902. The van der Waals surface area contributed by atoms with E-state index in [1.54, 1.807) is 12.3 Å². The van der Waals surface area contributed by atoms with E-state index in [1.807, 2.05) is 0 Å². The van der Waals surface area contributed by atoms with Crippen LogP contribution in [-0.4, -0.2) is 51.9 Å². The van der Waals surface area contributed by atoms with Crippen molar-refractivity contribution >= 4 is 17.6 Å². The maximum atomic E-state index is 13.7. The largest absolute Gasteiger partial charge is 0.394 e. The molecule has 1 aromatic carbocycles. The van der Waals surface area contributed by atoms with Crippen LogP contribution >= 0.6 is 0 Å². The number of carbonyl (C=O) groups excluding carboxylic acids is 2. The molecule has 9 nitrogen and oxygen atoms in total. The van der Waals surface area contributed by atoms with Gasteiger partial charge in [0.2, 0.25) is 5.91 Å². The quantitative estimate of drug-likeness (QED) is 0.522. The Hall–Kier alpha value is -3.18. The van der Waals surface area contributed by atoms with Gasteiger partial charge in [-0.25, -0.2) is 23.5 Å². The van der Waals surface area contributed by atoms with Crippen molar-refractivity contribution in [1.29, 1.82) is 0 Å². The van der Waals surface area contributed by atoms with Crippen LogP contribution in [0.5, 0.6) is 0 Å². The summed E-state index contributed by atoms with van der Waals surface area (Å²) in [5.74, 6) is -1.69. The van der Waals surface area contributed by atoms with E-state index in [0.717, 1.165) is 18.2 Å². The molecule has 0 radical (unpaired) electrons. The predicted octanol–water partition coefficient (Wildman–Crippen LogP) is 1.49. The highest BCUT2D eigenvalue weighted by atomic mass is 19.1. The van der Waals surface area contributed by atoms with Gasteiger partial charge in [-0.05, 0) is 31.0 Å². The van der Waals surface area contributed by atoms with Gasteiger partial charge in [0, 0.05) is 12.3 Å². The van der Waals surface area contributed by atoms with Crippen LogP contribution in [0.2, 0.25) is 0 Å². The average Bonchev–Trinajstić information content (AvgIpc) is 2.76. The number of rotatable bonds is 7. The van der Waals surface area contributed by atoms with Crippen molar-refractivity contribution in [2.75, 3.05) is 11.9 Å². The minimum atomic E-state index is -0.775. The molecule has 3 amide bonds. The Kier molecular flexibility index (Phi) is 7.79. The second-order valence-corrected chi connectivity index (χ2v) is 7.07. The number of anilines is 1. The molecular formula is C20H23F2N5O4. The smallest absolute Gasteiger partial charge is 0.319 e. The van der Waals surface area contributed by atoms with Gasteiger partial charge in [-0.1, -0.05) is 0 Å². The van der Waals surface area contributed by atoms with Gasteiger partial charge in [0.15, 0.2) is 0 Å². The normalized spacial score (nSPS) is 20.7. The number of amides is 3. The number of aromatic nitrogens is 2. The molecule has 166 valence electrons. The van der Waals surface area contributed by atoms with Gasteiger partial charge >= 0.3 is 6.03 Å².